The summed E-state index contributed by atoms with van der Waals surface area (Å²) in [6.45, 7) is 6.74. The molecule has 2 unspecified atom stereocenters. The maximum atomic E-state index is 11.7. The molecule has 0 aliphatic carbocycles. The van der Waals surface area contributed by atoms with Crippen LogP contribution < -0.4 is 5.32 Å². The number of sulfonamides is 1. The summed E-state index contributed by atoms with van der Waals surface area (Å²) >= 11 is 2.00. The van der Waals surface area contributed by atoms with Crippen molar-refractivity contribution in [3.05, 3.63) is 0 Å². The molecule has 1 N–H and O–H groups in total. The Kier molecular flexibility index (Phi) is 8.48. The van der Waals surface area contributed by atoms with Crippen LogP contribution in [0.1, 0.15) is 39.5 Å². The minimum absolute atomic E-state index is 0.504. The van der Waals surface area contributed by atoms with E-state index in [-0.39, 0.29) is 0 Å². The SMILES string of the molecule is CCCSCC(CC1CCCN(S(C)(=O)=O)C1)NCC. The average molecular weight is 323 g/mol. The van der Waals surface area contributed by atoms with Gasteiger partial charge in [0.05, 0.1) is 6.26 Å². The summed E-state index contributed by atoms with van der Waals surface area (Å²) in [7, 11) is -3.02. The van der Waals surface area contributed by atoms with Crippen LogP contribution in [0.15, 0.2) is 0 Å². The first kappa shape index (κ1) is 18.3. The van der Waals surface area contributed by atoms with E-state index in [2.05, 4.69) is 19.2 Å². The van der Waals surface area contributed by atoms with Gasteiger partial charge in [-0.1, -0.05) is 13.8 Å². The van der Waals surface area contributed by atoms with Gasteiger partial charge in [-0.25, -0.2) is 12.7 Å². The van der Waals surface area contributed by atoms with E-state index >= 15 is 0 Å². The smallest absolute Gasteiger partial charge is 0.211 e. The van der Waals surface area contributed by atoms with Crippen molar-refractivity contribution in [1.29, 1.82) is 0 Å². The van der Waals surface area contributed by atoms with Gasteiger partial charge in [0.2, 0.25) is 10.0 Å². The van der Waals surface area contributed by atoms with E-state index in [0.717, 1.165) is 31.6 Å². The predicted molar refractivity (Wildman–Crippen MR) is 88.8 cm³/mol. The van der Waals surface area contributed by atoms with Gasteiger partial charge < -0.3 is 5.32 Å². The molecular formula is C14H30N2O2S2. The third-order valence-corrected chi connectivity index (χ3v) is 6.33. The summed E-state index contributed by atoms with van der Waals surface area (Å²) in [5, 5.41) is 3.55. The number of nitrogens with zero attached hydrogens (tertiary/aromatic N) is 1. The zero-order chi connectivity index (χ0) is 15.0. The second-order valence-electron chi connectivity index (χ2n) is 5.69. The minimum atomic E-state index is -3.02. The molecule has 0 aromatic carbocycles. The highest BCUT2D eigenvalue weighted by molar-refractivity contribution is 7.99. The first-order valence-electron chi connectivity index (χ1n) is 7.73. The van der Waals surface area contributed by atoms with Crippen LogP contribution in [0.5, 0.6) is 0 Å². The van der Waals surface area contributed by atoms with Crippen molar-refractivity contribution < 1.29 is 8.42 Å². The standard InChI is InChI=1S/C14H30N2O2S2/c1-4-9-19-12-14(15-5-2)10-13-7-6-8-16(11-13)20(3,17)18/h13-15H,4-12H2,1-3H3. The van der Waals surface area contributed by atoms with Crippen LogP contribution in [-0.2, 0) is 10.0 Å². The van der Waals surface area contributed by atoms with E-state index in [1.54, 1.807) is 4.31 Å². The molecule has 1 fully saturated rings. The summed E-state index contributed by atoms with van der Waals surface area (Å²) in [6, 6.07) is 0.515. The van der Waals surface area contributed by atoms with Crippen LogP contribution >= 0.6 is 11.8 Å². The van der Waals surface area contributed by atoms with E-state index < -0.39 is 10.0 Å². The Morgan fingerprint density at radius 2 is 2.15 bits per heavy atom. The topological polar surface area (TPSA) is 49.4 Å². The molecule has 0 amide bonds. The molecule has 0 saturated carbocycles. The fourth-order valence-corrected chi connectivity index (χ4v) is 4.73. The largest absolute Gasteiger partial charge is 0.313 e. The van der Waals surface area contributed by atoms with Crippen LogP contribution in [0.2, 0.25) is 0 Å². The van der Waals surface area contributed by atoms with E-state index in [4.69, 9.17) is 0 Å². The third-order valence-electron chi connectivity index (χ3n) is 3.73. The van der Waals surface area contributed by atoms with Gasteiger partial charge in [-0.3, -0.25) is 0 Å². The van der Waals surface area contributed by atoms with E-state index in [1.165, 1.54) is 18.4 Å². The van der Waals surface area contributed by atoms with Crippen molar-refractivity contribution in [3.8, 4) is 0 Å². The molecule has 1 aliphatic rings. The molecule has 120 valence electrons. The second-order valence-corrected chi connectivity index (χ2v) is 8.83. The first-order chi connectivity index (χ1) is 9.47. The lowest BCUT2D eigenvalue weighted by Crippen LogP contribution is -2.42. The van der Waals surface area contributed by atoms with Crippen molar-refractivity contribution in [2.75, 3.05) is 37.4 Å². The molecule has 0 radical (unpaired) electrons. The first-order valence-corrected chi connectivity index (χ1v) is 10.7. The Balaban J connectivity index is 2.46. The maximum Gasteiger partial charge on any atom is 0.211 e. The molecule has 4 nitrogen and oxygen atoms in total. The number of thioether (sulfide) groups is 1. The molecule has 0 bridgehead atoms. The monoisotopic (exact) mass is 322 g/mol. The molecule has 0 aromatic rings. The molecular weight excluding hydrogens is 292 g/mol. The van der Waals surface area contributed by atoms with Gasteiger partial charge in [0.1, 0.15) is 0 Å². The van der Waals surface area contributed by atoms with Crippen LogP contribution in [0.25, 0.3) is 0 Å². The fourth-order valence-electron chi connectivity index (χ4n) is 2.79. The Hall–Kier alpha value is 0.220. The normalized spacial score (nSPS) is 22.9. The van der Waals surface area contributed by atoms with Crippen LogP contribution in [0.3, 0.4) is 0 Å². The van der Waals surface area contributed by atoms with Crippen molar-refractivity contribution in [2.45, 2.75) is 45.6 Å². The Labute approximate surface area is 129 Å². The van der Waals surface area contributed by atoms with E-state index in [9.17, 15) is 8.42 Å². The third kappa shape index (κ3) is 6.78. The predicted octanol–water partition coefficient (Wildman–Crippen LogP) is 2.17. The molecule has 0 aromatic heterocycles. The zero-order valence-electron chi connectivity index (χ0n) is 13.1. The summed E-state index contributed by atoms with van der Waals surface area (Å²) in [4.78, 5) is 0. The molecule has 1 heterocycles. The Bertz CT molecular complexity index is 360. The number of hydrogen-bond donors (Lipinski definition) is 1. The van der Waals surface area contributed by atoms with Gasteiger partial charge in [0, 0.05) is 24.9 Å². The molecule has 1 aliphatic heterocycles. The van der Waals surface area contributed by atoms with Gasteiger partial charge >= 0.3 is 0 Å². The minimum Gasteiger partial charge on any atom is -0.313 e. The number of nitrogens with one attached hydrogen (secondary N) is 1. The van der Waals surface area contributed by atoms with Gasteiger partial charge in [-0.15, -0.1) is 0 Å². The molecule has 1 rings (SSSR count). The molecule has 2 atom stereocenters. The maximum absolute atomic E-state index is 11.7. The van der Waals surface area contributed by atoms with Crippen LogP contribution in [0.4, 0.5) is 0 Å². The summed E-state index contributed by atoms with van der Waals surface area (Å²) in [5.74, 6) is 2.85. The summed E-state index contributed by atoms with van der Waals surface area (Å²) < 4.78 is 25.0. The van der Waals surface area contributed by atoms with Crippen molar-refractivity contribution in [3.63, 3.8) is 0 Å². The van der Waals surface area contributed by atoms with E-state index in [1.807, 2.05) is 11.8 Å². The van der Waals surface area contributed by atoms with Crippen molar-refractivity contribution >= 4 is 21.8 Å². The van der Waals surface area contributed by atoms with Gasteiger partial charge in [0.25, 0.3) is 0 Å². The second kappa shape index (κ2) is 9.28. The summed E-state index contributed by atoms with van der Waals surface area (Å²) in [6.07, 6.45) is 5.80. The summed E-state index contributed by atoms with van der Waals surface area (Å²) in [5.41, 5.74) is 0. The molecule has 20 heavy (non-hydrogen) atoms. The number of rotatable bonds is 9. The highest BCUT2D eigenvalue weighted by Crippen LogP contribution is 2.23. The Morgan fingerprint density at radius 1 is 1.40 bits per heavy atom. The number of hydrogen-bond acceptors (Lipinski definition) is 4. The van der Waals surface area contributed by atoms with Gasteiger partial charge in [0.15, 0.2) is 0 Å². The lowest BCUT2D eigenvalue weighted by Gasteiger charge is -2.33. The van der Waals surface area contributed by atoms with Crippen LogP contribution in [0, 0.1) is 5.92 Å². The van der Waals surface area contributed by atoms with Gasteiger partial charge in [-0.05, 0) is 43.9 Å². The van der Waals surface area contributed by atoms with Crippen molar-refractivity contribution in [2.24, 2.45) is 5.92 Å². The van der Waals surface area contributed by atoms with Crippen LogP contribution in [-0.4, -0.2) is 56.2 Å². The number of piperidine rings is 1. The average Bonchev–Trinajstić information content (AvgIpc) is 2.38. The fraction of sp³-hybridized carbons (Fsp3) is 1.00. The van der Waals surface area contributed by atoms with Gasteiger partial charge in [-0.2, -0.15) is 11.8 Å². The van der Waals surface area contributed by atoms with Crippen molar-refractivity contribution in [1.82, 2.24) is 9.62 Å². The quantitative estimate of drug-likeness (QED) is 0.661. The Morgan fingerprint density at radius 3 is 2.75 bits per heavy atom. The molecule has 1 saturated heterocycles. The molecule has 0 spiro atoms. The highest BCUT2D eigenvalue weighted by Gasteiger charge is 2.27. The lowest BCUT2D eigenvalue weighted by molar-refractivity contribution is 0.242. The zero-order valence-corrected chi connectivity index (χ0v) is 14.7. The van der Waals surface area contributed by atoms with E-state index in [0.29, 0.717) is 25.0 Å². The highest BCUT2D eigenvalue weighted by atomic mass is 32.2. The lowest BCUT2D eigenvalue weighted by atomic mass is 9.93. The molecule has 6 heteroatoms.